The third-order valence-electron chi connectivity index (χ3n) is 1.52. The lowest BCUT2D eigenvalue weighted by molar-refractivity contribution is 0.150. The van der Waals surface area contributed by atoms with E-state index in [0.717, 1.165) is 0 Å². The molecule has 1 rings (SSSR count). The molecular weight excluding hydrogens is 242 g/mol. The molecule has 2 nitrogen and oxygen atoms in total. The van der Waals surface area contributed by atoms with Gasteiger partial charge in [-0.25, -0.2) is 13.8 Å². The van der Waals surface area contributed by atoms with Crippen LogP contribution in [0.1, 0.15) is 23.4 Å². The molecule has 0 aliphatic carbocycles. The molecule has 0 amide bonds. The molecular formula is C8H5BrF2N2. The first-order chi connectivity index (χ1) is 6.06. The number of hydrogen-bond donors (Lipinski definition) is 0. The highest BCUT2D eigenvalue weighted by Crippen LogP contribution is 2.26. The molecule has 0 aliphatic rings. The lowest BCUT2D eigenvalue weighted by Crippen LogP contribution is -1.97. The van der Waals surface area contributed by atoms with Crippen LogP contribution in [0, 0.1) is 18.3 Å². The van der Waals surface area contributed by atoms with Crippen LogP contribution in [0.4, 0.5) is 8.78 Å². The van der Waals surface area contributed by atoms with Crippen LogP contribution < -0.4 is 0 Å². The van der Waals surface area contributed by atoms with Gasteiger partial charge in [0, 0.05) is 4.47 Å². The van der Waals surface area contributed by atoms with Crippen LogP contribution in [0.5, 0.6) is 0 Å². The van der Waals surface area contributed by atoms with E-state index < -0.39 is 6.43 Å². The van der Waals surface area contributed by atoms with Crippen LogP contribution in [0.15, 0.2) is 10.5 Å². The van der Waals surface area contributed by atoms with Crippen LogP contribution >= 0.6 is 15.9 Å². The second kappa shape index (κ2) is 3.79. The summed E-state index contributed by atoms with van der Waals surface area (Å²) < 4.78 is 25.1. The molecule has 0 aromatic carbocycles. The van der Waals surface area contributed by atoms with Gasteiger partial charge in [-0.2, -0.15) is 5.26 Å². The van der Waals surface area contributed by atoms with Crippen molar-refractivity contribution in [3.8, 4) is 6.07 Å². The fourth-order valence-electron chi connectivity index (χ4n) is 0.851. The zero-order valence-corrected chi connectivity index (χ0v) is 8.27. The van der Waals surface area contributed by atoms with Gasteiger partial charge in [0.2, 0.25) is 0 Å². The minimum Gasteiger partial charge on any atom is -0.241 e. The van der Waals surface area contributed by atoms with E-state index in [9.17, 15) is 8.78 Å². The van der Waals surface area contributed by atoms with Crippen molar-refractivity contribution >= 4 is 15.9 Å². The summed E-state index contributed by atoms with van der Waals surface area (Å²) in [6.45, 7) is 1.64. The van der Waals surface area contributed by atoms with E-state index in [2.05, 4.69) is 20.9 Å². The number of aryl methyl sites for hydroxylation is 1. The Kier molecular flexibility index (Phi) is 2.94. The molecule has 0 unspecified atom stereocenters. The molecule has 68 valence electrons. The zero-order valence-electron chi connectivity index (χ0n) is 6.68. The second-order valence-corrected chi connectivity index (χ2v) is 3.26. The molecule has 0 fully saturated rings. The number of aromatic nitrogens is 1. The van der Waals surface area contributed by atoms with Crippen LogP contribution in [0.25, 0.3) is 0 Å². The highest BCUT2D eigenvalue weighted by atomic mass is 79.9. The molecule has 5 heteroatoms. The van der Waals surface area contributed by atoms with Crippen LogP contribution in [-0.4, -0.2) is 4.98 Å². The number of hydrogen-bond acceptors (Lipinski definition) is 2. The maximum atomic E-state index is 12.3. The van der Waals surface area contributed by atoms with E-state index in [-0.39, 0.29) is 11.3 Å². The quantitative estimate of drug-likeness (QED) is 0.764. The smallest absolute Gasteiger partial charge is 0.241 e. The monoisotopic (exact) mass is 246 g/mol. The summed E-state index contributed by atoms with van der Waals surface area (Å²) in [4.78, 5) is 3.72. The lowest BCUT2D eigenvalue weighted by atomic mass is 10.2. The van der Waals surface area contributed by atoms with E-state index in [1.807, 2.05) is 0 Å². The van der Waals surface area contributed by atoms with Crippen molar-refractivity contribution in [2.75, 3.05) is 0 Å². The molecule has 13 heavy (non-hydrogen) atoms. The Bertz CT molecular complexity index is 371. The van der Waals surface area contributed by atoms with Crippen molar-refractivity contribution in [1.29, 1.82) is 5.26 Å². The van der Waals surface area contributed by atoms with E-state index in [1.165, 1.54) is 6.07 Å². The second-order valence-electron chi connectivity index (χ2n) is 2.41. The summed E-state index contributed by atoms with van der Waals surface area (Å²) >= 11 is 3.07. The van der Waals surface area contributed by atoms with E-state index in [4.69, 9.17) is 5.26 Å². The number of rotatable bonds is 1. The lowest BCUT2D eigenvalue weighted by Gasteiger charge is -2.04. The highest BCUT2D eigenvalue weighted by molar-refractivity contribution is 9.10. The van der Waals surface area contributed by atoms with Crippen molar-refractivity contribution in [3.05, 3.63) is 27.5 Å². The topological polar surface area (TPSA) is 36.7 Å². The Labute approximate surface area is 82.3 Å². The normalized spacial score (nSPS) is 10.2. The summed E-state index contributed by atoms with van der Waals surface area (Å²) in [6, 6.07) is 2.86. The summed E-state index contributed by atoms with van der Waals surface area (Å²) in [6.07, 6.45) is -2.67. The largest absolute Gasteiger partial charge is 0.266 e. The first-order valence-corrected chi connectivity index (χ1v) is 4.21. The van der Waals surface area contributed by atoms with Gasteiger partial charge in [-0.05, 0) is 28.9 Å². The minimum absolute atomic E-state index is 0.212. The van der Waals surface area contributed by atoms with Crippen molar-refractivity contribution in [2.45, 2.75) is 13.3 Å². The molecule has 0 N–H and O–H groups in total. The average Bonchev–Trinajstić information content (AvgIpc) is 2.08. The predicted octanol–water partition coefficient (Wildman–Crippen LogP) is 2.96. The Hall–Kier alpha value is -1.02. The summed E-state index contributed by atoms with van der Waals surface area (Å²) in [5.41, 5.74) is -0.0170. The minimum atomic E-state index is -2.67. The molecule has 1 aromatic rings. The van der Waals surface area contributed by atoms with Crippen LogP contribution in [0.3, 0.4) is 0 Å². The van der Waals surface area contributed by atoms with Gasteiger partial charge < -0.3 is 0 Å². The van der Waals surface area contributed by atoms with E-state index in [1.54, 1.807) is 13.0 Å². The zero-order chi connectivity index (χ0) is 10.0. The van der Waals surface area contributed by atoms with E-state index in [0.29, 0.717) is 10.2 Å². The van der Waals surface area contributed by atoms with Crippen LogP contribution in [0.2, 0.25) is 0 Å². The van der Waals surface area contributed by atoms with Crippen molar-refractivity contribution in [3.63, 3.8) is 0 Å². The number of nitriles is 1. The van der Waals surface area contributed by atoms with Crippen molar-refractivity contribution in [1.82, 2.24) is 4.98 Å². The van der Waals surface area contributed by atoms with Gasteiger partial charge in [-0.3, -0.25) is 0 Å². The molecule has 0 radical (unpaired) electrons. The summed E-state index contributed by atoms with van der Waals surface area (Å²) in [7, 11) is 0. The first-order valence-electron chi connectivity index (χ1n) is 3.41. The molecule has 0 bridgehead atoms. The molecule has 1 heterocycles. The van der Waals surface area contributed by atoms with Gasteiger partial charge in [0.15, 0.2) is 0 Å². The van der Waals surface area contributed by atoms with Crippen LogP contribution in [-0.2, 0) is 0 Å². The Morgan fingerprint density at radius 1 is 1.62 bits per heavy atom. The first kappa shape index (κ1) is 10.1. The van der Waals surface area contributed by atoms with Gasteiger partial charge in [-0.15, -0.1) is 0 Å². The Morgan fingerprint density at radius 3 is 2.69 bits per heavy atom. The number of alkyl halides is 2. The van der Waals surface area contributed by atoms with Gasteiger partial charge in [0.1, 0.15) is 11.8 Å². The Morgan fingerprint density at radius 2 is 2.23 bits per heavy atom. The average molecular weight is 247 g/mol. The summed E-state index contributed by atoms with van der Waals surface area (Å²) in [5, 5.41) is 8.52. The number of nitrogens with zero attached hydrogens (tertiary/aromatic N) is 2. The van der Waals surface area contributed by atoms with Gasteiger partial charge in [0.05, 0.1) is 11.3 Å². The third kappa shape index (κ3) is 2.01. The van der Waals surface area contributed by atoms with Gasteiger partial charge in [-0.1, -0.05) is 0 Å². The standard InChI is InChI=1S/C8H5BrF2N2/c1-4-6(9)2-5(8(10)11)7(3-12)13-4/h2,8H,1H3. The summed E-state index contributed by atoms with van der Waals surface area (Å²) in [5.74, 6) is 0. The predicted molar refractivity (Wildman–Crippen MR) is 46.3 cm³/mol. The number of pyridine rings is 1. The molecule has 0 spiro atoms. The van der Waals surface area contributed by atoms with E-state index >= 15 is 0 Å². The number of halogens is 3. The molecule has 1 aromatic heterocycles. The van der Waals surface area contributed by atoms with Gasteiger partial charge >= 0.3 is 0 Å². The maximum Gasteiger partial charge on any atom is 0.266 e. The molecule has 0 saturated carbocycles. The van der Waals surface area contributed by atoms with Gasteiger partial charge in [0.25, 0.3) is 6.43 Å². The fourth-order valence-corrected chi connectivity index (χ4v) is 1.19. The molecule has 0 aliphatic heterocycles. The SMILES string of the molecule is Cc1nc(C#N)c(C(F)F)cc1Br. The molecule has 0 saturated heterocycles. The molecule has 0 atom stereocenters. The van der Waals surface area contributed by atoms with Crippen molar-refractivity contribution in [2.24, 2.45) is 0 Å². The third-order valence-corrected chi connectivity index (χ3v) is 2.32. The fraction of sp³-hybridized carbons (Fsp3) is 0.250. The highest BCUT2D eigenvalue weighted by Gasteiger charge is 2.15. The van der Waals surface area contributed by atoms with Crippen molar-refractivity contribution < 1.29 is 8.78 Å². The maximum absolute atomic E-state index is 12.3. The Balaban J connectivity index is 3.35.